The Labute approximate surface area is 127 Å². The van der Waals surface area contributed by atoms with Crippen molar-refractivity contribution in [2.24, 2.45) is 0 Å². The fraction of sp³-hybridized carbons (Fsp3) is 0.250. The quantitative estimate of drug-likeness (QED) is 0.855. The van der Waals surface area contributed by atoms with Gasteiger partial charge in [-0.15, -0.1) is 0 Å². The molecule has 5 heteroatoms. The standard InChI is InChI=1S/C16H16N2O2S/c1-11-5-6-12(2)13(8-11)9-15(20)18-16-17-10-14(21-16)4-3-7-19/h5-6,8,10,19H,7,9H2,1-2H3,(H,17,18,20). The molecule has 2 N–H and O–H groups in total. The second-order valence-corrected chi connectivity index (χ2v) is 5.68. The minimum Gasteiger partial charge on any atom is -0.384 e. The van der Waals surface area contributed by atoms with Crippen molar-refractivity contribution in [1.29, 1.82) is 0 Å². The number of rotatable bonds is 3. The highest BCUT2D eigenvalue weighted by Crippen LogP contribution is 2.18. The summed E-state index contributed by atoms with van der Waals surface area (Å²) in [5, 5.41) is 11.9. The fourth-order valence-corrected chi connectivity index (χ4v) is 2.55. The monoisotopic (exact) mass is 300 g/mol. The Hall–Kier alpha value is -2.16. The van der Waals surface area contributed by atoms with Crippen LogP contribution in [-0.2, 0) is 11.2 Å². The van der Waals surface area contributed by atoms with Gasteiger partial charge < -0.3 is 10.4 Å². The fourth-order valence-electron chi connectivity index (χ4n) is 1.84. The van der Waals surface area contributed by atoms with Crippen molar-refractivity contribution in [1.82, 2.24) is 4.98 Å². The van der Waals surface area contributed by atoms with Crippen LogP contribution in [0.25, 0.3) is 0 Å². The summed E-state index contributed by atoms with van der Waals surface area (Å²) < 4.78 is 0. The van der Waals surface area contributed by atoms with Crippen molar-refractivity contribution in [2.45, 2.75) is 20.3 Å². The van der Waals surface area contributed by atoms with Crippen LogP contribution in [0.15, 0.2) is 24.4 Å². The molecule has 2 rings (SSSR count). The number of nitrogens with one attached hydrogen (secondary N) is 1. The van der Waals surface area contributed by atoms with Crippen LogP contribution in [0, 0.1) is 25.7 Å². The molecule has 0 aliphatic carbocycles. The zero-order valence-corrected chi connectivity index (χ0v) is 12.8. The Kier molecular flexibility index (Phi) is 5.09. The van der Waals surface area contributed by atoms with Crippen LogP contribution in [0.4, 0.5) is 5.13 Å². The van der Waals surface area contributed by atoms with E-state index in [1.54, 1.807) is 6.20 Å². The van der Waals surface area contributed by atoms with Gasteiger partial charge in [0.2, 0.25) is 5.91 Å². The summed E-state index contributed by atoms with van der Waals surface area (Å²) in [5.41, 5.74) is 3.26. The predicted octanol–water partition coefficient (Wildman–Crippen LogP) is 2.28. The van der Waals surface area contributed by atoms with Crippen molar-refractivity contribution in [2.75, 3.05) is 11.9 Å². The third-order valence-electron chi connectivity index (χ3n) is 2.90. The second kappa shape index (κ2) is 7.02. The number of carbonyl (C=O) groups is 1. The number of nitrogens with zero attached hydrogens (tertiary/aromatic N) is 1. The molecular weight excluding hydrogens is 284 g/mol. The molecule has 1 heterocycles. The largest absolute Gasteiger partial charge is 0.384 e. The number of hydrogen-bond donors (Lipinski definition) is 2. The first-order valence-corrected chi connectivity index (χ1v) is 7.31. The molecular formula is C16H16N2O2S. The Morgan fingerprint density at radius 2 is 2.24 bits per heavy atom. The van der Waals surface area contributed by atoms with Gasteiger partial charge in [0.15, 0.2) is 5.13 Å². The van der Waals surface area contributed by atoms with Gasteiger partial charge in [0.05, 0.1) is 17.5 Å². The first-order valence-electron chi connectivity index (χ1n) is 6.50. The summed E-state index contributed by atoms with van der Waals surface area (Å²) >= 11 is 1.29. The minimum atomic E-state index is -0.188. The molecule has 0 saturated heterocycles. The number of thiazole rings is 1. The Morgan fingerprint density at radius 3 is 3.00 bits per heavy atom. The van der Waals surface area contributed by atoms with Gasteiger partial charge >= 0.3 is 0 Å². The first-order chi connectivity index (χ1) is 10.1. The summed E-state index contributed by atoms with van der Waals surface area (Å²) in [7, 11) is 0. The van der Waals surface area contributed by atoms with Crippen LogP contribution in [-0.4, -0.2) is 22.6 Å². The van der Waals surface area contributed by atoms with Crippen LogP contribution < -0.4 is 5.32 Å². The van der Waals surface area contributed by atoms with Gasteiger partial charge in [-0.1, -0.05) is 46.9 Å². The van der Waals surface area contributed by atoms with Crippen LogP contribution in [0.1, 0.15) is 21.6 Å². The van der Waals surface area contributed by atoms with Crippen molar-refractivity contribution >= 4 is 22.4 Å². The number of aryl methyl sites for hydroxylation is 2. The molecule has 0 bridgehead atoms. The van der Waals surface area contributed by atoms with E-state index in [1.807, 2.05) is 32.0 Å². The third-order valence-corrected chi connectivity index (χ3v) is 3.73. The Morgan fingerprint density at radius 1 is 1.43 bits per heavy atom. The van der Waals surface area contributed by atoms with E-state index in [2.05, 4.69) is 22.1 Å². The predicted molar refractivity (Wildman–Crippen MR) is 84.3 cm³/mol. The number of aliphatic hydroxyl groups is 1. The Balaban J connectivity index is 2.01. The summed E-state index contributed by atoms with van der Waals surface area (Å²) in [4.78, 5) is 16.9. The van der Waals surface area contributed by atoms with Crippen molar-refractivity contribution in [3.63, 3.8) is 0 Å². The van der Waals surface area contributed by atoms with Gasteiger partial charge in [-0.05, 0) is 25.0 Å². The number of benzene rings is 1. The van der Waals surface area contributed by atoms with Gasteiger partial charge in [0, 0.05) is 0 Å². The van der Waals surface area contributed by atoms with E-state index in [1.165, 1.54) is 11.3 Å². The van der Waals surface area contributed by atoms with Crippen LogP contribution in [0.3, 0.4) is 0 Å². The SMILES string of the molecule is Cc1ccc(C)c(CC(=O)Nc2ncc(C#CCO)s2)c1. The lowest BCUT2D eigenvalue weighted by molar-refractivity contribution is -0.115. The van der Waals surface area contributed by atoms with Gasteiger partial charge in [0.25, 0.3) is 0 Å². The third kappa shape index (κ3) is 4.42. The smallest absolute Gasteiger partial charge is 0.230 e. The molecule has 0 unspecified atom stereocenters. The molecule has 0 spiro atoms. The molecule has 21 heavy (non-hydrogen) atoms. The molecule has 0 fully saturated rings. The van der Waals surface area contributed by atoms with Crippen molar-refractivity contribution in [3.05, 3.63) is 46.0 Å². The molecule has 1 aromatic heterocycles. The normalized spacial score (nSPS) is 9.86. The lowest BCUT2D eigenvalue weighted by Gasteiger charge is -2.06. The molecule has 1 aromatic carbocycles. The first kappa shape index (κ1) is 15.2. The number of anilines is 1. The number of aliphatic hydroxyl groups excluding tert-OH is 1. The van der Waals surface area contributed by atoms with Gasteiger partial charge in [-0.2, -0.15) is 0 Å². The zero-order valence-electron chi connectivity index (χ0n) is 11.9. The molecule has 0 aliphatic rings. The Bertz CT molecular complexity index is 711. The van der Waals surface area contributed by atoms with E-state index < -0.39 is 0 Å². The summed E-state index contributed by atoms with van der Waals surface area (Å²) in [5.74, 6) is 5.21. The summed E-state index contributed by atoms with van der Waals surface area (Å²) in [6, 6.07) is 6.07. The maximum atomic E-state index is 12.0. The molecule has 0 radical (unpaired) electrons. The average Bonchev–Trinajstić information content (AvgIpc) is 2.88. The molecule has 4 nitrogen and oxygen atoms in total. The van der Waals surface area contributed by atoms with Crippen molar-refractivity contribution in [3.8, 4) is 11.8 Å². The van der Waals surface area contributed by atoms with E-state index in [-0.39, 0.29) is 12.5 Å². The summed E-state index contributed by atoms with van der Waals surface area (Å²) in [6.45, 7) is 3.81. The van der Waals surface area contributed by atoms with Crippen LogP contribution in [0.5, 0.6) is 0 Å². The molecule has 1 amide bonds. The van der Waals surface area contributed by atoms with Gasteiger partial charge in [-0.25, -0.2) is 4.98 Å². The van der Waals surface area contributed by atoms with Gasteiger partial charge in [0.1, 0.15) is 6.61 Å². The number of aromatic nitrogens is 1. The lowest BCUT2D eigenvalue weighted by Crippen LogP contribution is -2.14. The topological polar surface area (TPSA) is 62.2 Å². The lowest BCUT2D eigenvalue weighted by atomic mass is 10.0. The van der Waals surface area contributed by atoms with Gasteiger partial charge in [-0.3, -0.25) is 4.79 Å². The van der Waals surface area contributed by atoms with Crippen LogP contribution in [0.2, 0.25) is 0 Å². The highest BCUT2D eigenvalue weighted by atomic mass is 32.1. The molecule has 108 valence electrons. The van der Waals surface area contributed by atoms with Crippen LogP contribution >= 0.6 is 11.3 Å². The number of amides is 1. The molecule has 0 saturated carbocycles. The van der Waals surface area contributed by atoms with E-state index in [0.29, 0.717) is 16.4 Å². The van der Waals surface area contributed by atoms with E-state index >= 15 is 0 Å². The van der Waals surface area contributed by atoms with E-state index in [4.69, 9.17) is 5.11 Å². The number of hydrogen-bond acceptors (Lipinski definition) is 4. The summed E-state index contributed by atoms with van der Waals surface area (Å²) in [6.07, 6.45) is 1.91. The molecule has 2 aromatic rings. The average molecular weight is 300 g/mol. The highest BCUT2D eigenvalue weighted by Gasteiger charge is 2.09. The number of carbonyl (C=O) groups excluding carboxylic acids is 1. The van der Waals surface area contributed by atoms with E-state index in [0.717, 1.165) is 16.7 Å². The zero-order chi connectivity index (χ0) is 15.2. The highest BCUT2D eigenvalue weighted by molar-refractivity contribution is 7.16. The maximum Gasteiger partial charge on any atom is 0.230 e. The maximum absolute atomic E-state index is 12.0. The molecule has 0 atom stereocenters. The van der Waals surface area contributed by atoms with Crippen molar-refractivity contribution < 1.29 is 9.90 Å². The molecule has 0 aliphatic heterocycles. The minimum absolute atomic E-state index is 0.0975. The van der Waals surface area contributed by atoms with E-state index in [9.17, 15) is 4.79 Å². The second-order valence-electron chi connectivity index (χ2n) is 4.64.